The smallest absolute Gasteiger partial charge is 0.255 e. The summed E-state index contributed by atoms with van der Waals surface area (Å²) in [4.78, 5) is 14.5. The van der Waals surface area contributed by atoms with Crippen molar-refractivity contribution in [3.05, 3.63) is 59.7 Å². The van der Waals surface area contributed by atoms with Gasteiger partial charge in [-0.25, -0.2) is 0 Å². The third kappa shape index (κ3) is 5.11. The molecule has 0 saturated heterocycles. The largest absolute Gasteiger partial charge is 0.491 e. The topological polar surface area (TPSA) is 41.6 Å². The Kier molecular flexibility index (Phi) is 5.77. The zero-order valence-corrected chi connectivity index (χ0v) is 14.2. The van der Waals surface area contributed by atoms with Gasteiger partial charge in [-0.1, -0.05) is 18.2 Å². The molecule has 1 N–H and O–H groups in total. The number of nitrogens with one attached hydrogen (secondary N) is 1. The third-order valence-corrected chi connectivity index (χ3v) is 3.24. The number of ether oxygens (including phenoxy) is 1. The first-order valence-electron chi connectivity index (χ1n) is 7.76. The van der Waals surface area contributed by atoms with Gasteiger partial charge in [0.15, 0.2) is 0 Å². The van der Waals surface area contributed by atoms with E-state index in [1.165, 1.54) is 0 Å². The first-order chi connectivity index (χ1) is 11.0. The first kappa shape index (κ1) is 17.0. The van der Waals surface area contributed by atoms with Crippen LogP contribution in [0.1, 0.15) is 29.8 Å². The number of benzene rings is 2. The van der Waals surface area contributed by atoms with Gasteiger partial charge in [0.2, 0.25) is 0 Å². The summed E-state index contributed by atoms with van der Waals surface area (Å²) in [6.07, 6.45) is 0.118. The van der Waals surface area contributed by atoms with Crippen LogP contribution in [0.4, 0.5) is 5.69 Å². The summed E-state index contributed by atoms with van der Waals surface area (Å²) in [6.45, 7) is 4.72. The molecule has 4 heteroatoms. The number of nitrogens with zero attached hydrogens (tertiary/aromatic N) is 1. The van der Waals surface area contributed by atoms with E-state index in [2.05, 4.69) is 10.2 Å². The van der Waals surface area contributed by atoms with Crippen LogP contribution in [0.2, 0.25) is 0 Å². The molecule has 0 aliphatic rings. The van der Waals surface area contributed by atoms with Crippen LogP contribution in [-0.4, -0.2) is 31.0 Å². The lowest BCUT2D eigenvalue weighted by molar-refractivity contribution is 0.102. The van der Waals surface area contributed by atoms with Crippen molar-refractivity contribution in [1.82, 2.24) is 4.90 Å². The molecule has 2 aromatic rings. The van der Waals surface area contributed by atoms with E-state index in [1.807, 2.05) is 64.3 Å². The van der Waals surface area contributed by atoms with E-state index in [0.717, 1.165) is 23.5 Å². The van der Waals surface area contributed by atoms with E-state index in [4.69, 9.17) is 4.74 Å². The van der Waals surface area contributed by atoms with Gasteiger partial charge in [0.05, 0.1) is 6.10 Å². The summed E-state index contributed by atoms with van der Waals surface area (Å²) in [6, 6.07) is 15.0. The number of hydrogen-bond acceptors (Lipinski definition) is 3. The Hall–Kier alpha value is -2.33. The molecule has 0 aromatic heterocycles. The average molecular weight is 312 g/mol. The van der Waals surface area contributed by atoms with Crippen molar-refractivity contribution in [2.75, 3.05) is 19.4 Å². The number of carbonyl (C=O) groups is 1. The van der Waals surface area contributed by atoms with Crippen molar-refractivity contribution in [3.63, 3.8) is 0 Å². The molecule has 0 unspecified atom stereocenters. The van der Waals surface area contributed by atoms with Crippen molar-refractivity contribution in [2.24, 2.45) is 0 Å². The molecule has 122 valence electrons. The molecule has 0 atom stereocenters. The Balaban J connectivity index is 2.10. The Morgan fingerprint density at radius 2 is 1.74 bits per heavy atom. The second kappa shape index (κ2) is 7.79. The van der Waals surface area contributed by atoms with Gasteiger partial charge in [-0.15, -0.1) is 0 Å². The average Bonchev–Trinajstić information content (AvgIpc) is 2.49. The Labute approximate surface area is 138 Å². The van der Waals surface area contributed by atoms with Gasteiger partial charge in [0, 0.05) is 17.8 Å². The standard InChI is InChI=1S/C19H24N2O2/c1-14(2)23-17-11-9-15(10-12-17)19(22)20-18-8-6-5-7-16(18)13-21(3)4/h5-12,14H,13H2,1-4H3,(H,20,22). The van der Waals surface area contributed by atoms with Crippen LogP contribution in [0.25, 0.3) is 0 Å². The predicted molar refractivity (Wildman–Crippen MR) is 94.0 cm³/mol. The van der Waals surface area contributed by atoms with E-state index < -0.39 is 0 Å². The van der Waals surface area contributed by atoms with Crippen LogP contribution in [-0.2, 0) is 6.54 Å². The number of hydrogen-bond donors (Lipinski definition) is 1. The molecule has 0 radical (unpaired) electrons. The van der Waals surface area contributed by atoms with E-state index in [1.54, 1.807) is 12.1 Å². The number of rotatable bonds is 6. The maximum absolute atomic E-state index is 12.4. The molecule has 0 spiro atoms. The normalized spacial score (nSPS) is 10.9. The van der Waals surface area contributed by atoms with Gasteiger partial charge in [-0.2, -0.15) is 0 Å². The lowest BCUT2D eigenvalue weighted by Gasteiger charge is -2.15. The second-order valence-corrected chi connectivity index (χ2v) is 6.04. The molecule has 0 aliphatic heterocycles. The minimum absolute atomic E-state index is 0.118. The minimum atomic E-state index is -0.118. The molecule has 0 fully saturated rings. The summed E-state index contributed by atoms with van der Waals surface area (Å²) in [5, 5.41) is 2.99. The molecule has 23 heavy (non-hydrogen) atoms. The predicted octanol–water partition coefficient (Wildman–Crippen LogP) is 3.79. The molecule has 4 nitrogen and oxygen atoms in total. The van der Waals surface area contributed by atoms with Crippen molar-refractivity contribution < 1.29 is 9.53 Å². The monoisotopic (exact) mass is 312 g/mol. The molecule has 2 rings (SSSR count). The highest BCUT2D eigenvalue weighted by Gasteiger charge is 2.10. The Morgan fingerprint density at radius 1 is 1.09 bits per heavy atom. The fourth-order valence-electron chi connectivity index (χ4n) is 2.27. The van der Waals surface area contributed by atoms with E-state index >= 15 is 0 Å². The van der Waals surface area contributed by atoms with Crippen molar-refractivity contribution in [3.8, 4) is 5.75 Å². The van der Waals surface area contributed by atoms with Gasteiger partial charge in [-0.3, -0.25) is 4.79 Å². The highest BCUT2D eigenvalue weighted by Crippen LogP contribution is 2.19. The van der Waals surface area contributed by atoms with Gasteiger partial charge < -0.3 is 15.0 Å². The third-order valence-electron chi connectivity index (χ3n) is 3.24. The molecular weight excluding hydrogens is 288 g/mol. The van der Waals surface area contributed by atoms with Crippen LogP contribution in [0.15, 0.2) is 48.5 Å². The summed E-state index contributed by atoms with van der Waals surface area (Å²) >= 11 is 0. The molecular formula is C19H24N2O2. The molecule has 0 saturated carbocycles. The first-order valence-corrected chi connectivity index (χ1v) is 7.76. The van der Waals surface area contributed by atoms with Crippen LogP contribution in [0.3, 0.4) is 0 Å². The highest BCUT2D eigenvalue weighted by molar-refractivity contribution is 6.04. The van der Waals surface area contributed by atoms with Gasteiger partial charge in [0.1, 0.15) is 5.75 Å². The molecule has 0 heterocycles. The van der Waals surface area contributed by atoms with Crippen molar-refractivity contribution in [2.45, 2.75) is 26.5 Å². The maximum Gasteiger partial charge on any atom is 0.255 e. The number of carbonyl (C=O) groups excluding carboxylic acids is 1. The number of para-hydroxylation sites is 1. The molecule has 1 amide bonds. The van der Waals surface area contributed by atoms with Crippen LogP contribution in [0.5, 0.6) is 5.75 Å². The molecule has 0 aliphatic carbocycles. The van der Waals surface area contributed by atoms with Crippen LogP contribution in [0, 0.1) is 0 Å². The fourth-order valence-corrected chi connectivity index (χ4v) is 2.27. The minimum Gasteiger partial charge on any atom is -0.491 e. The Morgan fingerprint density at radius 3 is 2.35 bits per heavy atom. The number of amides is 1. The summed E-state index contributed by atoms with van der Waals surface area (Å²) in [7, 11) is 4.01. The van der Waals surface area contributed by atoms with E-state index in [0.29, 0.717) is 5.56 Å². The maximum atomic E-state index is 12.4. The van der Waals surface area contributed by atoms with Crippen molar-refractivity contribution >= 4 is 11.6 Å². The van der Waals surface area contributed by atoms with E-state index in [-0.39, 0.29) is 12.0 Å². The molecule has 0 bridgehead atoms. The summed E-state index contributed by atoms with van der Waals surface area (Å²) in [5.74, 6) is 0.650. The van der Waals surface area contributed by atoms with Crippen molar-refractivity contribution in [1.29, 1.82) is 0 Å². The van der Waals surface area contributed by atoms with Crippen LogP contribution < -0.4 is 10.1 Å². The SMILES string of the molecule is CC(C)Oc1ccc(C(=O)Nc2ccccc2CN(C)C)cc1. The number of anilines is 1. The lowest BCUT2D eigenvalue weighted by Crippen LogP contribution is -2.16. The van der Waals surface area contributed by atoms with Crippen LogP contribution >= 0.6 is 0 Å². The second-order valence-electron chi connectivity index (χ2n) is 6.04. The lowest BCUT2D eigenvalue weighted by atomic mass is 10.1. The quantitative estimate of drug-likeness (QED) is 0.882. The van der Waals surface area contributed by atoms with Gasteiger partial charge in [0.25, 0.3) is 5.91 Å². The zero-order valence-electron chi connectivity index (χ0n) is 14.2. The summed E-state index contributed by atoms with van der Waals surface area (Å²) in [5.41, 5.74) is 2.54. The fraction of sp³-hybridized carbons (Fsp3) is 0.316. The zero-order chi connectivity index (χ0) is 16.8. The highest BCUT2D eigenvalue weighted by atomic mass is 16.5. The Bertz CT molecular complexity index is 649. The van der Waals surface area contributed by atoms with Gasteiger partial charge >= 0.3 is 0 Å². The summed E-state index contributed by atoms with van der Waals surface area (Å²) < 4.78 is 5.59. The van der Waals surface area contributed by atoms with E-state index in [9.17, 15) is 4.79 Å². The molecule has 2 aromatic carbocycles. The van der Waals surface area contributed by atoms with Gasteiger partial charge in [-0.05, 0) is 63.8 Å².